The lowest BCUT2D eigenvalue weighted by atomic mass is 9.76. The van der Waals surface area contributed by atoms with Crippen LogP contribution in [-0.4, -0.2) is 65.7 Å². The zero-order chi connectivity index (χ0) is 25.5. The van der Waals surface area contributed by atoms with Crippen LogP contribution in [0.5, 0.6) is 11.5 Å². The molecular weight excluding hydrogens is 488 g/mol. The van der Waals surface area contributed by atoms with Crippen molar-refractivity contribution in [1.29, 1.82) is 0 Å². The Bertz CT molecular complexity index is 1270. The van der Waals surface area contributed by atoms with Crippen LogP contribution in [0.25, 0.3) is 0 Å². The van der Waals surface area contributed by atoms with Crippen molar-refractivity contribution in [1.82, 2.24) is 15.0 Å². The van der Waals surface area contributed by atoms with E-state index >= 15 is 0 Å². The summed E-state index contributed by atoms with van der Waals surface area (Å²) in [7, 11) is 3.27. The number of amides is 1. The lowest BCUT2D eigenvalue weighted by Gasteiger charge is -2.43. The number of anilines is 2. The van der Waals surface area contributed by atoms with Gasteiger partial charge in [0.2, 0.25) is 11.9 Å². The Morgan fingerprint density at radius 3 is 2.54 bits per heavy atom. The zero-order valence-corrected chi connectivity index (χ0v) is 22.0. The van der Waals surface area contributed by atoms with Crippen molar-refractivity contribution in [3.8, 4) is 11.5 Å². The van der Waals surface area contributed by atoms with Gasteiger partial charge in [0.25, 0.3) is 0 Å². The van der Waals surface area contributed by atoms with Gasteiger partial charge in [-0.1, -0.05) is 12.2 Å². The molecule has 2 aromatic rings. The number of carbonyl (C=O) groups is 1. The van der Waals surface area contributed by atoms with Gasteiger partial charge in [0.1, 0.15) is 10.8 Å². The van der Waals surface area contributed by atoms with Crippen LogP contribution in [0.15, 0.2) is 40.5 Å². The molecule has 194 valence electrons. The number of carbonyl (C=O) groups excluding carboxylic acids is 1. The first-order valence-electron chi connectivity index (χ1n) is 12.9. The van der Waals surface area contributed by atoms with Gasteiger partial charge in [-0.3, -0.25) is 4.79 Å². The summed E-state index contributed by atoms with van der Waals surface area (Å²) in [6.07, 6.45) is 8.48. The molecular formula is C27H32N6O3S. The molecule has 37 heavy (non-hydrogen) atoms. The maximum absolute atomic E-state index is 13.7. The van der Waals surface area contributed by atoms with E-state index in [2.05, 4.69) is 27.0 Å². The van der Waals surface area contributed by atoms with E-state index in [0.717, 1.165) is 73.1 Å². The van der Waals surface area contributed by atoms with Gasteiger partial charge < -0.3 is 20.1 Å². The monoisotopic (exact) mass is 520 g/mol. The van der Waals surface area contributed by atoms with Gasteiger partial charge in [0.05, 0.1) is 31.9 Å². The third-order valence-corrected chi connectivity index (χ3v) is 8.91. The second-order valence-corrected chi connectivity index (χ2v) is 11.0. The number of nitrogen functional groups attached to an aromatic ring is 1. The van der Waals surface area contributed by atoms with Crippen LogP contribution in [0.3, 0.4) is 0 Å². The minimum Gasteiger partial charge on any atom is -0.493 e. The Labute approximate surface area is 221 Å². The number of aromatic nitrogens is 2. The van der Waals surface area contributed by atoms with Crippen molar-refractivity contribution >= 4 is 35.1 Å². The molecule has 9 nitrogen and oxygen atoms in total. The number of thioether (sulfide) groups is 1. The summed E-state index contributed by atoms with van der Waals surface area (Å²) in [5, 5.41) is 7.84. The molecule has 0 saturated carbocycles. The van der Waals surface area contributed by atoms with Crippen LogP contribution in [0, 0.1) is 11.8 Å². The normalized spacial score (nSPS) is 23.5. The van der Waals surface area contributed by atoms with Gasteiger partial charge in [0.15, 0.2) is 11.5 Å². The quantitative estimate of drug-likeness (QED) is 0.472. The van der Waals surface area contributed by atoms with Crippen LogP contribution in [0.1, 0.15) is 36.8 Å². The average Bonchev–Trinajstić information content (AvgIpc) is 3.41. The van der Waals surface area contributed by atoms with Gasteiger partial charge in [-0.25, -0.2) is 9.99 Å². The largest absolute Gasteiger partial charge is 0.493 e. The van der Waals surface area contributed by atoms with E-state index in [1.165, 1.54) is 5.56 Å². The molecule has 4 heterocycles. The smallest absolute Gasteiger partial charge is 0.247 e. The highest BCUT2D eigenvalue weighted by Crippen LogP contribution is 2.40. The summed E-state index contributed by atoms with van der Waals surface area (Å²) >= 11 is 1.75. The Morgan fingerprint density at radius 2 is 1.78 bits per heavy atom. The number of methoxy groups -OCH3 is 2. The Balaban J connectivity index is 1.28. The van der Waals surface area contributed by atoms with E-state index < -0.39 is 0 Å². The van der Waals surface area contributed by atoms with Gasteiger partial charge >= 0.3 is 0 Å². The highest BCUT2D eigenvalue weighted by molar-refractivity contribution is 7.99. The minimum atomic E-state index is -0.0921. The Morgan fingerprint density at radius 1 is 1.03 bits per heavy atom. The highest BCUT2D eigenvalue weighted by Gasteiger charge is 2.43. The molecule has 1 aromatic carbocycles. The summed E-state index contributed by atoms with van der Waals surface area (Å²) in [6, 6.07) is 5.95. The van der Waals surface area contributed by atoms with Crippen LogP contribution in [0.2, 0.25) is 0 Å². The average molecular weight is 521 g/mol. The number of piperidine rings is 1. The Hall–Kier alpha value is -3.27. The molecule has 6 rings (SSSR count). The summed E-state index contributed by atoms with van der Waals surface area (Å²) < 4.78 is 11.0. The number of fused-ring (bicyclic) bond motifs is 2. The van der Waals surface area contributed by atoms with Crippen molar-refractivity contribution in [2.75, 3.05) is 43.7 Å². The first-order valence-corrected chi connectivity index (χ1v) is 13.9. The first-order chi connectivity index (χ1) is 18.1. The van der Waals surface area contributed by atoms with Gasteiger partial charge in [-0.2, -0.15) is 10.1 Å². The zero-order valence-electron chi connectivity index (χ0n) is 21.2. The number of nitrogens with zero attached hydrogens (tertiary/aromatic N) is 5. The number of allylic oxidation sites excluding steroid dienone is 2. The summed E-state index contributed by atoms with van der Waals surface area (Å²) in [6.45, 7) is 1.61. The van der Waals surface area contributed by atoms with E-state index in [1.54, 1.807) is 31.0 Å². The summed E-state index contributed by atoms with van der Waals surface area (Å²) in [5.74, 6) is 3.77. The van der Waals surface area contributed by atoms with E-state index in [1.807, 2.05) is 18.2 Å². The molecule has 1 saturated heterocycles. The third-order valence-electron chi connectivity index (χ3n) is 7.89. The standard InChI is InChI=1S/C27H32N6O3S/c1-35-21-8-7-16(15-22(21)36-2)23-18-5-3-4-6-19(18)26(34)33(31-23)17-9-12-32(13-10-17)24-20-11-14-37-25(20)30-27(28)29-24/h3-4,7-8,15,17-19H,5-6,9-14H2,1-2H3,(H2,28,29,30)/t18-,19+/m0/s1. The van der Waals surface area contributed by atoms with Crippen molar-refractivity contribution in [3.05, 3.63) is 41.5 Å². The fourth-order valence-corrected chi connectivity index (χ4v) is 6.99. The number of hydrogen-bond acceptors (Lipinski definition) is 9. The molecule has 1 aliphatic carbocycles. The molecule has 10 heteroatoms. The third kappa shape index (κ3) is 4.31. The number of nitrogens with two attached hydrogens (primary N) is 1. The summed E-state index contributed by atoms with van der Waals surface area (Å²) in [5.41, 5.74) is 9.15. The second kappa shape index (κ2) is 9.89. The minimum absolute atomic E-state index is 0.0485. The molecule has 3 aliphatic heterocycles. The number of ether oxygens (including phenoxy) is 2. The van der Waals surface area contributed by atoms with Crippen molar-refractivity contribution in [2.45, 2.75) is 43.2 Å². The van der Waals surface area contributed by atoms with Crippen molar-refractivity contribution in [2.24, 2.45) is 16.9 Å². The maximum Gasteiger partial charge on any atom is 0.247 e. The van der Waals surface area contributed by atoms with E-state index in [4.69, 9.17) is 20.3 Å². The summed E-state index contributed by atoms with van der Waals surface area (Å²) in [4.78, 5) is 25.0. The van der Waals surface area contributed by atoms with Crippen LogP contribution in [0.4, 0.5) is 11.8 Å². The lowest BCUT2D eigenvalue weighted by Crippen LogP contribution is -2.52. The van der Waals surface area contributed by atoms with Gasteiger partial charge in [-0.15, -0.1) is 11.8 Å². The lowest BCUT2D eigenvalue weighted by molar-refractivity contribution is -0.140. The molecule has 0 unspecified atom stereocenters. The number of hydrazone groups is 1. The van der Waals surface area contributed by atoms with Crippen molar-refractivity contribution in [3.63, 3.8) is 0 Å². The van der Waals surface area contributed by atoms with E-state index in [0.29, 0.717) is 17.4 Å². The first kappa shape index (κ1) is 24.1. The highest BCUT2D eigenvalue weighted by atomic mass is 32.2. The molecule has 0 spiro atoms. The fourth-order valence-electron chi connectivity index (χ4n) is 5.97. The predicted molar refractivity (Wildman–Crippen MR) is 144 cm³/mol. The van der Waals surface area contributed by atoms with Crippen LogP contribution < -0.4 is 20.1 Å². The molecule has 4 aliphatic rings. The molecule has 2 atom stereocenters. The Kier molecular flexibility index (Phi) is 6.44. The number of hydrogen-bond donors (Lipinski definition) is 1. The van der Waals surface area contributed by atoms with Gasteiger partial charge in [0, 0.05) is 35.9 Å². The number of benzene rings is 1. The maximum atomic E-state index is 13.7. The molecule has 1 aromatic heterocycles. The van der Waals surface area contributed by atoms with Crippen molar-refractivity contribution < 1.29 is 14.3 Å². The predicted octanol–water partition coefficient (Wildman–Crippen LogP) is 3.52. The SMILES string of the molecule is COc1ccc(C2=NN(C3CCN(c4nc(N)nc5c4CCS5)CC3)C(=O)[C@@H]3CC=CC[C@H]23)cc1OC. The molecule has 1 amide bonds. The molecule has 0 radical (unpaired) electrons. The second-order valence-electron chi connectivity index (χ2n) is 9.90. The van der Waals surface area contributed by atoms with E-state index in [-0.39, 0.29) is 23.8 Å². The molecule has 0 bridgehead atoms. The number of rotatable bonds is 5. The van der Waals surface area contributed by atoms with Crippen LogP contribution in [-0.2, 0) is 11.2 Å². The molecule has 2 N–H and O–H groups in total. The topological polar surface area (TPSA) is 106 Å². The van der Waals surface area contributed by atoms with Gasteiger partial charge in [-0.05, 0) is 50.3 Å². The molecule has 1 fully saturated rings. The van der Waals surface area contributed by atoms with Crippen LogP contribution >= 0.6 is 11.8 Å². The van der Waals surface area contributed by atoms with E-state index in [9.17, 15) is 4.79 Å². The fraction of sp³-hybridized carbons (Fsp3) is 0.481.